The van der Waals surface area contributed by atoms with Gasteiger partial charge in [-0.3, -0.25) is 9.59 Å². The number of carbonyl (C=O) groups is 2. The maximum Gasteiger partial charge on any atom is 0.306 e. The first kappa shape index (κ1) is 88.9. The van der Waals surface area contributed by atoms with Gasteiger partial charge in [-0.25, -0.2) is 0 Å². The summed E-state index contributed by atoms with van der Waals surface area (Å²) in [5.41, 5.74) is 0. The summed E-state index contributed by atoms with van der Waals surface area (Å²) < 4.78 is 10.8. The summed E-state index contributed by atoms with van der Waals surface area (Å²) in [6.45, 7) is 4.24. The van der Waals surface area contributed by atoms with Crippen molar-refractivity contribution in [2.24, 2.45) is 0 Å². The molecule has 1 unspecified atom stereocenters. The third-order valence-electron chi connectivity index (χ3n) is 20.4. The number of unbranched alkanes of at least 4 members (excludes halogenated alkanes) is 74. The molecule has 0 saturated carbocycles. The first-order valence-electron chi connectivity index (χ1n) is 42.6. The Hall–Kier alpha value is -1.10. The average molecular weight is 1270 g/mol. The van der Waals surface area contributed by atoms with Crippen LogP contribution in [0.2, 0.25) is 0 Å². The Morgan fingerprint density at radius 2 is 0.344 bits per heavy atom. The molecule has 0 spiro atoms. The molecule has 0 aromatic rings. The molecule has 0 radical (unpaired) electrons. The van der Waals surface area contributed by atoms with E-state index in [-0.39, 0.29) is 25.2 Å². The van der Waals surface area contributed by atoms with Gasteiger partial charge in [0.05, 0.1) is 6.61 Å². The summed E-state index contributed by atoms with van der Waals surface area (Å²) >= 11 is 0. The van der Waals surface area contributed by atoms with Gasteiger partial charge >= 0.3 is 11.9 Å². The molecule has 0 amide bonds. The van der Waals surface area contributed by atoms with Crippen molar-refractivity contribution in [2.45, 2.75) is 521 Å². The summed E-state index contributed by atoms with van der Waals surface area (Å²) in [6, 6.07) is 0. The number of aliphatic hydroxyl groups excluding tert-OH is 1. The van der Waals surface area contributed by atoms with Crippen molar-refractivity contribution in [1.82, 2.24) is 0 Å². The van der Waals surface area contributed by atoms with Crippen molar-refractivity contribution in [3.63, 3.8) is 0 Å². The summed E-state index contributed by atoms with van der Waals surface area (Å²) in [6.07, 6.45) is 107. The lowest BCUT2D eigenvalue weighted by Gasteiger charge is -2.15. The molecule has 0 rings (SSSR count). The molecule has 5 heteroatoms. The monoisotopic (exact) mass is 1270 g/mol. The van der Waals surface area contributed by atoms with E-state index in [0.717, 1.165) is 32.1 Å². The molecular formula is C85H168O5. The fraction of sp³-hybridized carbons (Fsp3) is 0.976. The molecule has 1 atom stereocenters. The molecule has 0 aromatic carbocycles. The number of carbonyl (C=O) groups excluding carboxylic acids is 2. The van der Waals surface area contributed by atoms with E-state index < -0.39 is 6.10 Å². The highest BCUT2D eigenvalue weighted by Crippen LogP contribution is 2.22. The fourth-order valence-electron chi connectivity index (χ4n) is 14.0. The summed E-state index contributed by atoms with van der Waals surface area (Å²) in [5, 5.41) is 9.74. The van der Waals surface area contributed by atoms with E-state index in [0.29, 0.717) is 12.8 Å². The van der Waals surface area contributed by atoms with Gasteiger partial charge in [-0.2, -0.15) is 0 Å². The van der Waals surface area contributed by atoms with Crippen LogP contribution in [0.1, 0.15) is 515 Å². The van der Waals surface area contributed by atoms with Crippen LogP contribution in [-0.4, -0.2) is 36.4 Å². The van der Waals surface area contributed by atoms with Gasteiger partial charge in [-0.1, -0.05) is 489 Å². The summed E-state index contributed by atoms with van der Waals surface area (Å²) in [4.78, 5) is 24.7. The van der Waals surface area contributed by atoms with Gasteiger partial charge in [-0.05, 0) is 12.8 Å². The van der Waals surface area contributed by atoms with Crippen LogP contribution in [0, 0.1) is 0 Å². The van der Waals surface area contributed by atoms with Crippen LogP contribution in [-0.2, 0) is 19.1 Å². The van der Waals surface area contributed by atoms with E-state index in [2.05, 4.69) is 13.8 Å². The van der Waals surface area contributed by atoms with Crippen molar-refractivity contribution in [2.75, 3.05) is 13.2 Å². The van der Waals surface area contributed by atoms with Crippen molar-refractivity contribution in [3.8, 4) is 0 Å². The smallest absolute Gasteiger partial charge is 0.306 e. The molecule has 90 heavy (non-hydrogen) atoms. The van der Waals surface area contributed by atoms with Crippen LogP contribution >= 0.6 is 0 Å². The van der Waals surface area contributed by atoms with Crippen LogP contribution in [0.4, 0.5) is 0 Å². The minimum atomic E-state index is -0.767. The van der Waals surface area contributed by atoms with Crippen molar-refractivity contribution in [1.29, 1.82) is 0 Å². The Kier molecular flexibility index (Phi) is 81.1. The van der Waals surface area contributed by atoms with Crippen molar-refractivity contribution < 1.29 is 24.2 Å². The number of rotatable bonds is 82. The second kappa shape index (κ2) is 82.1. The molecule has 0 bridgehead atoms. The Labute approximate surface area is 567 Å². The summed E-state index contributed by atoms with van der Waals surface area (Å²) in [7, 11) is 0. The zero-order valence-electron chi connectivity index (χ0n) is 62.2. The molecule has 0 aliphatic carbocycles. The molecule has 0 saturated heterocycles. The molecular weight excluding hydrogens is 1100 g/mol. The minimum absolute atomic E-state index is 0.0550. The first-order valence-corrected chi connectivity index (χ1v) is 42.6. The van der Waals surface area contributed by atoms with Crippen LogP contribution in [0.3, 0.4) is 0 Å². The number of ether oxygens (including phenoxy) is 2. The lowest BCUT2D eigenvalue weighted by molar-refractivity contribution is -0.161. The van der Waals surface area contributed by atoms with Crippen LogP contribution in [0.15, 0.2) is 0 Å². The summed E-state index contributed by atoms with van der Waals surface area (Å²) in [5.74, 6) is -0.554. The third-order valence-corrected chi connectivity index (χ3v) is 20.4. The highest BCUT2D eigenvalue weighted by Gasteiger charge is 2.16. The first-order chi connectivity index (χ1) is 44.6. The predicted octanol–water partition coefficient (Wildman–Crippen LogP) is 29.9. The molecule has 0 fully saturated rings. The van der Waals surface area contributed by atoms with Crippen LogP contribution in [0.5, 0.6) is 0 Å². The Morgan fingerprint density at radius 1 is 0.211 bits per heavy atom. The lowest BCUT2D eigenvalue weighted by atomic mass is 10.0. The van der Waals surface area contributed by atoms with Gasteiger partial charge in [0, 0.05) is 12.8 Å². The van der Waals surface area contributed by atoms with Gasteiger partial charge in [-0.15, -0.1) is 0 Å². The number of esters is 2. The van der Waals surface area contributed by atoms with Gasteiger partial charge in [0.25, 0.3) is 0 Å². The van der Waals surface area contributed by atoms with E-state index in [4.69, 9.17) is 9.47 Å². The molecule has 0 aromatic heterocycles. The third kappa shape index (κ3) is 79.3. The van der Waals surface area contributed by atoms with Crippen LogP contribution < -0.4 is 0 Å². The molecule has 538 valence electrons. The number of aliphatic hydroxyl groups is 1. The lowest BCUT2D eigenvalue weighted by Crippen LogP contribution is -2.28. The van der Waals surface area contributed by atoms with E-state index in [9.17, 15) is 14.7 Å². The number of hydrogen-bond donors (Lipinski definition) is 1. The molecule has 0 aliphatic heterocycles. The zero-order valence-corrected chi connectivity index (χ0v) is 62.2. The Balaban J connectivity index is 3.31. The predicted molar refractivity (Wildman–Crippen MR) is 399 cm³/mol. The van der Waals surface area contributed by atoms with E-state index in [1.807, 2.05) is 0 Å². The Bertz CT molecular complexity index is 1300. The largest absolute Gasteiger partial charge is 0.462 e. The van der Waals surface area contributed by atoms with Crippen molar-refractivity contribution >= 4 is 11.9 Å². The van der Waals surface area contributed by atoms with Gasteiger partial charge in [0.15, 0.2) is 6.10 Å². The SMILES string of the molecule is CCCCCCCCCCCCCCCCCCCCCCCCCCCCCCCCCCCCCCCCCCC(=O)OC(CO)COC(=O)CCCCCCCCCCCCCCCCCCCCCCCCCCCCCCCCCCCCCC. The van der Waals surface area contributed by atoms with E-state index >= 15 is 0 Å². The van der Waals surface area contributed by atoms with Gasteiger partial charge in [0.1, 0.15) is 6.61 Å². The average Bonchev–Trinajstić information content (AvgIpc) is 3.58. The van der Waals surface area contributed by atoms with E-state index in [1.54, 1.807) is 0 Å². The van der Waals surface area contributed by atoms with Crippen LogP contribution in [0.25, 0.3) is 0 Å². The normalized spacial score (nSPS) is 12.0. The van der Waals surface area contributed by atoms with Gasteiger partial charge in [0.2, 0.25) is 0 Å². The van der Waals surface area contributed by atoms with E-state index in [1.165, 1.54) is 456 Å². The standard InChI is InChI=1S/C85H168O5/c1-3-5-7-9-11-13-15-17-19-21-23-25-27-29-31-33-35-37-39-41-42-43-44-46-48-50-52-54-56-58-60-62-64-66-68-70-72-74-76-78-80-85(88)90-83(81-86)82-89-84(87)79-77-75-73-71-69-67-65-63-61-59-57-55-53-51-49-47-45-40-38-36-34-32-30-28-26-24-22-20-18-16-14-12-10-8-6-4-2/h83,86H,3-82H2,1-2H3. The number of hydrogen-bond acceptors (Lipinski definition) is 5. The minimum Gasteiger partial charge on any atom is -0.462 e. The van der Waals surface area contributed by atoms with Gasteiger partial charge < -0.3 is 14.6 Å². The topological polar surface area (TPSA) is 72.8 Å². The molecule has 5 nitrogen and oxygen atoms in total. The fourth-order valence-corrected chi connectivity index (χ4v) is 14.0. The van der Waals surface area contributed by atoms with Crippen molar-refractivity contribution in [3.05, 3.63) is 0 Å². The molecule has 1 N–H and O–H groups in total. The zero-order chi connectivity index (χ0) is 64.7. The highest BCUT2D eigenvalue weighted by atomic mass is 16.6. The quantitative estimate of drug-likeness (QED) is 0.0485. The second-order valence-electron chi connectivity index (χ2n) is 29.6. The molecule has 0 heterocycles. The maximum absolute atomic E-state index is 12.4. The second-order valence-corrected chi connectivity index (χ2v) is 29.6. The highest BCUT2D eigenvalue weighted by molar-refractivity contribution is 5.70. The Morgan fingerprint density at radius 3 is 0.489 bits per heavy atom. The maximum atomic E-state index is 12.4. The molecule has 0 aliphatic rings.